The molecule has 0 spiro atoms. The van der Waals surface area contributed by atoms with Gasteiger partial charge in [-0.2, -0.15) is 4.72 Å². The number of benzene rings is 2. The lowest BCUT2D eigenvalue weighted by Crippen LogP contribution is -2.31. The second-order valence-corrected chi connectivity index (χ2v) is 9.34. The number of para-hydroxylation sites is 1. The topological polar surface area (TPSA) is 124 Å². The van der Waals surface area contributed by atoms with E-state index in [1.807, 2.05) is 41.8 Å². The molecule has 0 bridgehead atoms. The number of Topliss-reactive ketones (excluding diaryl/α,β-unsaturated/α-hetero) is 1. The highest BCUT2D eigenvalue weighted by Gasteiger charge is 2.20. The molecule has 0 saturated heterocycles. The fraction of sp³-hybridized carbons (Fsp3) is 0.208. The summed E-state index contributed by atoms with van der Waals surface area (Å²) in [5.41, 5.74) is 3.35. The molecule has 10 heteroatoms. The first-order valence-electron chi connectivity index (χ1n) is 10.4. The lowest BCUT2D eigenvalue weighted by molar-refractivity contribution is -0.141. The standard InChI is InChI=1S/C24H25N3O6S/c1-16-13-22(17(2)27(16)20-7-5-4-6-8-20)23(29)15-33-24(30)14-25-34(31,32)21-11-9-19(10-12-21)26-18(3)28/h4-13,25H,14-15H2,1-3H3,(H,26,28). The third kappa shape index (κ3) is 5.97. The summed E-state index contributed by atoms with van der Waals surface area (Å²) < 4.78 is 33.8. The van der Waals surface area contributed by atoms with Crippen molar-refractivity contribution < 1.29 is 27.5 Å². The maximum absolute atomic E-state index is 12.6. The zero-order valence-corrected chi connectivity index (χ0v) is 19.8. The number of aromatic nitrogens is 1. The maximum Gasteiger partial charge on any atom is 0.321 e. The van der Waals surface area contributed by atoms with Crippen molar-refractivity contribution in [2.45, 2.75) is 25.7 Å². The van der Waals surface area contributed by atoms with Crippen molar-refractivity contribution in [3.05, 3.63) is 77.6 Å². The summed E-state index contributed by atoms with van der Waals surface area (Å²) in [7, 11) is -3.98. The van der Waals surface area contributed by atoms with Gasteiger partial charge in [0.1, 0.15) is 6.54 Å². The summed E-state index contributed by atoms with van der Waals surface area (Å²) in [6.07, 6.45) is 0. The number of anilines is 1. The molecule has 0 aliphatic carbocycles. The lowest BCUT2D eigenvalue weighted by Gasteiger charge is -2.10. The molecule has 9 nitrogen and oxygen atoms in total. The van der Waals surface area contributed by atoms with Crippen LogP contribution in [0.3, 0.4) is 0 Å². The first-order valence-corrected chi connectivity index (χ1v) is 11.9. The van der Waals surface area contributed by atoms with Crippen LogP contribution < -0.4 is 10.0 Å². The third-order valence-electron chi connectivity index (χ3n) is 5.00. The minimum atomic E-state index is -3.98. The molecule has 0 aliphatic heterocycles. The first kappa shape index (κ1) is 24.9. The Bertz CT molecular complexity index is 1310. The second-order valence-electron chi connectivity index (χ2n) is 7.57. The average Bonchev–Trinajstić information content (AvgIpc) is 3.10. The Kier molecular flexibility index (Phi) is 7.64. The lowest BCUT2D eigenvalue weighted by atomic mass is 10.1. The number of nitrogens with zero attached hydrogens (tertiary/aromatic N) is 1. The van der Waals surface area contributed by atoms with Gasteiger partial charge in [-0.25, -0.2) is 8.42 Å². The molecule has 2 N–H and O–H groups in total. The van der Waals surface area contributed by atoms with Crippen LogP contribution in [0.1, 0.15) is 28.7 Å². The number of aryl methyl sites for hydroxylation is 1. The molecule has 0 fully saturated rings. The van der Waals surface area contributed by atoms with Gasteiger partial charge in [0, 0.05) is 35.2 Å². The molecule has 3 aromatic rings. The van der Waals surface area contributed by atoms with E-state index in [0.29, 0.717) is 16.9 Å². The Morgan fingerprint density at radius 2 is 1.62 bits per heavy atom. The van der Waals surface area contributed by atoms with Gasteiger partial charge in [-0.1, -0.05) is 18.2 Å². The number of nitrogens with one attached hydrogen (secondary N) is 2. The van der Waals surface area contributed by atoms with Crippen LogP contribution in [0.15, 0.2) is 65.6 Å². The van der Waals surface area contributed by atoms with Crippen LogP contribution in [0.2, 0.25) is 0 Å². The summed E-state index contributed by atoms with van der Waals surface area (Å²) in [4.78, 5) is 35.7. The van der Waals surface area contributed by atoms with Gasteiger partial charge in [0.2, 0.25) is 21.7 Å². The third-order valence-corrected chi connectivity index (χ3v) is 6.42. The number of amides is 1. The van der Waals surface area contributed by atoms with Gasteiger partial charge in [0.15, 0.2) is 6.61 Å². The van der Waals surface area contributed by atoms with E-state index in [9.17, 15) is 22.8 Å². The zero-order chi connectivity index (χ0) is 24.9. The van der Waals surface area contributed by atoms with Gasteiger partial charge < -0.3 is 14.6 Å². The molecular weight excluding hydrogens is 458 g/mol. The van der Waals surface area contributed by atoms with Gasteiger partial charge >= 0.3 is 5.97 Å². The molecule has 3 rings (SSSR count). The van der Waals surface area contributed by atoms with Crippen LogP contribution in [-0.2, 0) is 24.3 Å². The van der Waals surface area contributed by atoms with E-state index in [0.717, 1.165) is 11.4 Å². The molecule has 0 unspecified atom stereocenters. The van der Waals surface area contributed by atoms with Crippen molar-refractivity contribution in [2.24, 2.45) is 0 Å². The summed E-state index contributed by atoms with van der Waals surface area (Å²) in [5, 5.41) is 2.53. The highest BCUT2D eigenvalue weighted by Crippen LogP contribution is 2.21. The number of hydrogen-bond donors (Lipinski definition) is 2. The quantitative estimate of drug-likeness (QED) is 0.356. The molecule has 34 heavy (non-hydrogen) atoms. The predicted octanol–water partition coefficient (Wildman–Crippen LogP) is 2.76. The number of hydrogen-bond acceptors (Lipinski definition) is 6. The number of ether oxygens (including phenoxy) is 1. The van der Waals surface area contributed by atoms with E-state index in [2.05, 4.69) is 10.0 Å². The molecular formula is C24H25N3O6S. The number of carbonyl (C=O) groups excluding carboxylic acids is 3. The van der Waals surface area contributed by atoms with Gasteiger partial charge in [-0.3, -0.25) is 14.4 Å². The molecule has 0 atom stereocenters. The van der Waals surface area contributed by atoms with Crippen molar-refractivity contribution in [2.75, 3.05) is 18.5 Å². The predicted molar refractivity (Wildman–Crippen MR) is 126 cm³/mol. The first-order chi connectivity index (χ1) is 16.1. The van der Waals surface area contributed by atoms with E-state index >= 15 is 0 Å². The van der Waals surface area contributed by atoms with Gasteiger partial charge in [0.05, 0.1) is 4.90 Å². The average molecular weight is 484 g/mol. The SMILES string of the molecule is CC(=O)Nc1ccc(S(=O)(=O)NCC(=O)OCC(=O)c2cc(C)n(-c3ccccc3)c2C)cc1. The molecule has 2 aromatic carbocycles. The Morgan fingerprint density at radius 1 is 0.971 bits per heavy atom. The van der Waals surface area contributed by atoms with Crippen molar-refractivity contribution >= 4 is 33.4 Å². The zero-order valence-electron chi connectivity index (χ0n) is 19.0. The number of rotatable bonds is 9. The van der Waals surface area contributed by atoms with Gasteiger partial charge in [-0.05, 0) is 56.3 Å². The highest BCUT2D eigenvalue weighted by molar-refractivity contribution is 7.89. The van der Waals surface area contributed by atoms with Crippen LogP contribution in [0.4, 0.5) is 5.69 Å². The molecule has 0 radical (unpaired) electrons. The van der Waals surface area contributed by atoms with Crippen LogP contribution >= 0.6 is 0 Å². The maximum atomic E-state index is 12.6. The summed E-state index contributed by atoms with van der Waals surface area (Å²) >= 11 is 0. The Labute approximate surface area is 197 Å². The van der Waals surface area contributed by atoms with E-state index < -0.39 is 29.1 Å². The Morgan fingerprint density at radius 3 is 2.24 bits per heavy atom. The van der Waals surface area contributed by atoms with Crippen LogP contribution in [-0.4, -0.2) is 43.8 Å². The highest BCUT2D eigenvalue weighted by atomic mass is 32.2. The summed E-state index contributed by atoms with van der Waals surface area (Å²) in [5.74, 6) is -1.56. The Balaban J connectivity index is 1.57. The minimum absolute atomic E-state index is 0.0844. The fourth-order valence-electron chi connectivity index (χ4n) is 3.45. The van der Waals surface area contributed by atoms with Crippen LogP contribution in [0.25, 0.3) is 5.69 Å². The normalized spacial score (nSPS) is 11.1. The van der Waals surface area contributed by atoms with Crippen molar-refractivity contribution in [3.63, 3.8) is 0 Å². The fourth-order valence-corrected chi connectivity index (χ4v) is 4.42. The van der Waals surface area contributed by atoms with Crippen molar-refractivity contribution in [1.82, 2.24) is 9.29 Å². The van der Waals surface area contributed by atoms with Gasteiger partial charge in [-0.15, -0.1) is 0 Å². The van der Waals surface area contributed by atoms with Crippen LogP contribution in [0, 0.1) is 13.8 Å². The molecule has 178 valence electrons. The van der Waals surface area contributed by atoms with Gasteiger partial charge in [0.25, 0.3) is 0 Å². The van der Waals surface area contributed by atoms with Crippen molar-refractivity contribution in [3.8, 4) is 5.69 Å². The van der Waals surface area contributed by atoms with E-state index in [1.54, 1.807) is 13.0 Å². The van der Waals surface area contributed by atoms with E-state index in [-0.39, 0.29) is 16.6 Å². The largest absolute Gasteiger partial charge is 0.456 e. The molecule has 1 heterocycles. The summed E-state index contributed by atoms with van der Waals surface area (Å²) in [6.45, 7) is 3.88. The number of sulfonamides is 1. The number of ketones is 1. The molecule has 1 aromatic heterocycles. The summed E-state index contributed by atoms with van der Waals surface area (Å²) in [6, 6.07) is 16.7. The van der Waals surface area contributed by atoms with Crippen molar-refractivity contribution in [1.29, 1.82) is 0 Å². The molecule has 1 amide bonds. The monoisotopic (exact) mass is 483 g/mol. The van der Waals surface area contributed by atoms with E-state index in [4.69, 9.17) is 4.74 Å². The number of esters is 1. The smallest absolute Gasteiger partial charge is 0.321 e. The van der Waals surface area contributed by atoms with Crippen LogP contribution in [0.5, 0.6) is 0 Å². The Hall–Kier alpha value is -3.76. The number of carbonyl (C=O) groups is 3. The van der Waals surface area contributed by atoms with E-state index in [1.165, 1.54) is 31.2 Å². The minimum Gasteiger partial charge on any atom is -0.456 e. The molecule has 0 aliphatic rings. The second kappa shape index (κ2) is 10.4. The molecule has 0 saturated carbocycles.